The van der Waals surface area contributed by atoms with Crippen LogP contribution < -0.4 is 10.1 Å². The quantitative estimate of drug-likeness (QED) is 0.883. The number of hydrogen-bond donors (Lipinski definition) is 2. The number of thiazole rings is 1. The van der Waals surface area contributed by atoms with Crippen molar-refractivity contribution in [3.8, 4) is 5.75 Å². The van der Waals surface area contributed by atoms with Gasteiger partial charge in [0.25, 0.3) is 5.91 Å². The molecule has 0 bridgehead atoms. The third-order valence-corrected chi connectivity index (χ3v) is 3.95. The van der Waals surface area contributed by atoms with Gasteiger partial charge in [-0.05, 0) is 37.1 Å². The summed E-state index contributed by atoms with van der Waals surface area (Å²) in [6.45, 7) is 3.95. The number of ether oxygens (including phenoxy) is 1. The first-order chi connectivity index (χ1) is 10.4. The molecule has 0 saturated heterocycles. The molecule has 1 amide bonds. The Morgan fingerprint density at radius 1 is 1.32 bits per heavy atom. The molecule has 6 nitrogen and oxygen atoms in total. The molecule has 0 unspecified atom stereocenters. The van der Waals surface area contributed by atoms with Gasteiger partial charge in [-0.1, -0.05) is 0 Å². The molecule has 0 saturated carbocycles. The summed E-state index contributed by atoms with van der Waals surface area (Å²) in [5.74, 6) is -0.543. The monoisotopic (exact) mass is 320 g/mol. The van der Waals surface area contributed by atoms with Crippen LogP contribution in [-0.4, -0.2) is 29.1 Å². The molecule has 0 aliphatic carbocycles. The fourth-order valence-electron chi connectivity index (χ4n) is 2.15. The Morgan fingerprint density at radius 2 is 1.95 bits per heavy atom. The minimum Gasteiger partial charge on any atom is -0.496 e. The van der Waals surface area contributed by atoms with E-state index in [-0.39, 0.29) is 18.1 Å². The summed E-state index contributed by atoms with van der Waals surface area (Å²) < 4.78 is 5.27. The van der Waals surface area contributed by atoms with Crippen LogP contribution in [0.3, 0.4) is 0 Å². The molecule has 22 heavy (non-hydrogen) atoms. The van der Waals surface area contributed by atoms with Crippen molar-refractivity contribution in [2.75, 3.05) is 7.11 Å². The number of aromatic carboxylic acids is 1. The topological polar surface area (TPSA) is 88.5 Å². The van der Waals surface area contributed by atoms with Gasteiger partial charge in [-0.3, -0.25) is 4.79 Å². The van der Waals surface area contributed by atoms with Crippen LogP contribution in [0.25, 0.3) is 0 Å². The molecule has 0 aliphatic rings. The molecule has 0 atom stereocenters. The molecule has 0 radical (unpaired) electrons. The summed E-state index contributed by atoms with van der Waals surface area (Å²) in [4.78, 5) is 26.8. The highest BCUT2D eigenvalue weighted by atomic mass is 32.1. The lowest BCUT2D eigenvalue weighted by atomic mass is 10.1. The van der Waals surface area contributed by atoms with Crippen LogP contribution in [0.4, 0.5) is 0 Å². The van der Waals surface area contributed by atoms with Crippen molar-refractivity contribution in [1.29, 1.82) is 0 Å². The molecule has 0 aliphatic heterocycles. The Morgan fingerprint density at radius 3 is 2.45 bits per heavy atom. The van der Waals surface area contributed by atoms with Crippen LogP contribution in [0.2, 0.25) is 0 Å². The lowest BCUT2D eigenvalue weighted by molar-refractivity contribution is 0.0691. The Balaban J connectivity index is 2.07. The Kier molecular flexibility index (Phi) is 4.77. The zero-order valence-corrected chi connectivity index (χ0v) is 13.3. The number of carbonyl (C=O) groups is 2. The van der Waals surface area contributed by atoms with Crippen molar-refractivity contribution in [1.82, 2.24) is 10.3 Å². The molecule has 1 heterocycles. The maximum Gasteiger partial charge on any atom is 0.355 e. The number of rotatable bonds is 5. The van der Waals surface area contributed by atoms with Crippen molar-refractivity contribution in [3.63, 3.8) is 0 Å². The standard InChI is InChI=1S/C15H16N2O4S/c1-8-4-10(5-9(2)13(8)21-3)14(18)16-6-12-17-11(7-22-12)15(19)20/h4-5,7H,6H2,1-3H3,(H,16,18)(H,19,20). The van der Waals surface area contributed by atoms with E-state index in [1.807, 2.05) is 13.8 Å². The number of amides is 1. The van der Waals surface area contributed by atoms with Gasteiger partial charge in [0.15, 0.2) is 5.69 Å². The highest BCUT2D eigenvalue weighted by Crippen LogP contribution is 2.24. The maximum atomic E-state index is 12.2. The van der Waals surface area contributed by atoms with Gasteiger partial charge in [0.05, 0.1) is 13.7 Å². The predicted octanol–water partition coefficient (Wildman–Crippen LogP) is 2.40. The number of carbonyl (C=O) groups excluding carboxylic acids is 1. The van der Waals surface area contributed by atoms with Crippen LogP contribution in [-0.2, 0) is 6.54 Å². The van der Waals surface area contributed by atoms with Gasteiger partial charge in [0.1, 0.15) is 10.8 Å². The zero-order chi connectivity index (χ0) is 16.3. The molecule has 1 aromatic carbocycles. The first kappa shape index (κ1) is 16.0. The van der Waals surface area contributed by atoms with Crippen molar-refractivity contribution in [2.45, 2.75) is 20.4 Å². The number of benzene rings is 1. The van der Waals surface area contributed by atoms with E-state index < -0.39 is 5.97 Å². The van der Waals surface area contributed by atoms with Crippen LogP contribution in [0.15, 0.2) is 17.5 Å². The van der Waals surface area contributed by atoms with Crippen LogP contribution in [0.5, 0.6) is 5.75 Å². The third kappa shape index (κ3) is 3.43. The smallest absolute Gasteiger partial charge is 0.355 e. The summed E-state index contributed by atoms with van der Waals surface area (Å²) in [6.07, 6.45) is 0. The second kappa shape index (κ2) is 6.57. The van der Waals surface area contributed by atoms with Gasteiger partial charge < -0.3 is 15.2 Å². The minimum absolute atomic E-state index is 0.00890. The van der Waals surface area contributed by atoms with E-state index in [4.69, 9.17) is 9.84 Å². The molecule has 0 spiro atoms. The third-order valence-electron chi connectivity index (χ3n) is 3.10. The Hall–Kier alpha value is -2.41. The number of carboxylic acid groups (broad SMARTS) is 1. The molecule has 2 N–H and O–H groups in total. The molecule has 1 aromatic heterocycles. The summed E-state index contributed by atoms with van der Waals surface area (Å²) in [6, 6.07) is 3.51. The van der Waals surface area contributed by atoms with Crippen LogP contribution in [0, 0.1) is 13.8 Å². The summed E-state index contributed by atoms with van der Waals surface area (Å²) >= 11 is 1.20. The first-order valence-electron chi connectivity index (χ1n) is 6.53. The van der Waals surface area contributed by atoms with E-state index in [2.05, 4.69) is 10.3 Å². The molecular weight excluding hydrogens is 304 g/mol. The number of aromatic nitrogens is 1. The minimum atomic E-state index is -1.07. The van der Waals surface area contributed by atoms with E-state index in [1.54, 1.807) is 19.2 Å². The normalized spacial score (nSPS) is 10.3. The van der Waals surface area contributed by atoms with Crippen LogP contribution in [0.1, 0.15) is 37.0 Å². The number of nitrogens with one attached hydrogen (secondary N) is 1. The van der Waals surface area contributed by atoms with Crippen molar-refractivity contribution in [2.24, 2.45) is 0 Å². The number of nitrogens with zero attached hydrogens (tertiary/aromatic N) is 1. The Bertz CT molecular complexity index is 701. The lowest BCUT2D eigenvalue weighted by Gasteiger charge is -2.11. The van der Waals surface area contributed by atoms with E-state index in [0.29, 0.717) is 10.6 Å². The van der Waals surface area contributed by atoms with E-state index in [9.17, 15) is 9.59 Å². The van der Waals surface area contributed by atoms with Crippen molar-refractivity contribution in [3.05, 3.63) is 44.9 Å². The largest absolute Gasteiger partial charge is 0.496 e. The second-order valence-electron chi connectivity index (χ2n) is 4.76. The zero-order valence-electron chi connectivity index (χ0n) is 12.5. The maximum absolute atomic E-state index is 12.2. The number of hydrogen-bond acceptors (Lipinski definition) is 5. The van der Waals surface area contributed by atoms with Gasteiger partial charge in [-0.25, -0.2) is 9.78 Å². The number of carboxylic acids is 1. The molecule has 7 heteroatoms. The summed E-state index contributed by atoms with van der Waals surface area (Å²) in [7, 11) is 1.59. The average molecular weight is 320 g/mol. The van der Waals surface area contributed by atoms with Crippen molar-refractivity contribution < 1.29 is 19.4 Å². The second-order valence-corrected chi connectivity index (χ2v) is 5.70. The summed E-state index contributed by atoms with van der Waals surface area (Å²) in [5, 5.41) is 13.5. The number of aryl methyl sites for hydroxylation is 2. The molecule has 116 valence electrons. The average Bonchev–Trinajstić information content (AvgIpc) is 2.93. The van der Waals surface area contributed by atoms with E-state index in [0.717, 1.165) is 16.9 Å². The van der Waals surface area contributed by atoms with Gasteiger partial charge in [0.2, 0.25) is 0 Å². The summed E-state index contributed by atoms with van der Waals surface area (Å²) in [5.41, 5.74) is 2.29. The fraction of sp³-hybridized carbons (Fsp3) is 0.267. The van der Waals surface area contributed by atoms with E-state index in [1.165, 1.54) is 16.7 Å². The molecule has 0 fully saturated rings. The highest BCUT2D eigenvalue weighted by molar-refractivity contribution is 7.09. The Labute approximate surface area is 131 Å². The van der Waals surface area contributed by atoms with Gasteiger partial charge in [0, 0.05) is 10.9 Å². The first-order valence-corrected chi connectivity index (χ1v) is 7.41. The lowest BCUT2D eigenvalue weighted by Crippen LogP contribution is -2.23. The van der Waals surface area contributed by atoms with Crippen LogP contribution >= 0.6 is 11.3 Å². The number of methoxy groups -OCH3 is 1. The van der Waals surface area contributed by atoms with Gasteiger partial charge in [-0.15, -0.1) is 11.3 Å². The van der Waals surface area contributed by atoms with Gasteiger partial charge in [-0.2, -0.15) is 0 Å². The van der Waals surface area contributed by atoms with Crippen molar-refractivity contribution >= 4 is 23.2 Å². The highest BCUT2D eigenvalue weighted by Gasteiger charge is 2.13. The predicted molar refractivity (Wildman–Crippen MR) is 82.7 cm³/mol. The fourth-order valence-corrected chi connectivity index (χ4v) is 2.86. The molecule has 2 rings (SSSR count). The van der Waals surface area contributed by atoms with Gasteiger partial charge >= 0.3 is 5.97 Å². The molecule has 2 aromatic rings. The molecular formula is C15H16N2O4S. The SMILES string of the molecule is COc1c(C)cc(C(=O)NCc2nc(C(=O)O)cs2)cc1C. The van der Waals surface area contributed by atoms with E-state index >= 15 is 0 Å².